The van der Waals surface area contributed by atoms with Crippen molar-refractivity contribution < 1.29 is 102 Å². The van der Waals surface area contributed by atoms with Crippen LogP contribution in [-0.2, 0) is 25.5 Å². The summed E-state index contributed by atoms with van der Waals surface area (Å²) in [6.07, 6.45) is -16.5. The van der Waals surface area contributed by atoms with Crippen molar-refractivity contribution in [1.29, 1.82) is 0 Å². The van der Waals surface area contributed by atoms with E-state index in [1.807, 2.05) is 0 Å². The van der Waals surface area contributed by atoms with E-state index in [0.717, 1.165) is 18.2 Å². The number of phenols is 4. The number of ether oxygens (including phenoxy) is 4. The summed E-state index contributed by atoms with van der Waals surface area (Å²) in [5.41, 5.74) is 8.77. The summed E-state index contributed by atoms with van der Waals surface area (Å²) >= 11 is 0. The van der Waals surface area contributed by atoms with Gasteiger partial charge in [-0.3, -0.25) is 26.0 Å². The number of carboxylic acids is 1. The Morgan fingerprint density at radius 1 is 0.877 bits per heavy atom. The van der Waals surface area contributed by atoms with Gasteiger partial charge in [0.2, 0.25) is 17.5 Å². The molecule has 23 heteroatoms. The van der Waals surface area contributed by atoms with Crippen molar-refractivity contribution in [2.75, 3.05) is 13.2 Å². The Morgan fingerprint density at radius 2 is 1.54 bits per heavy atom. The van der Waals surface area contributed by atoms with Crippen molar-refractivity contribution in [2.24, 2.45) is 11.5 Å². The van der Waals surface area contributed by atoms with Crippen LogP contribution < -0.4 is 44.3 Å². The molecule has 3 aromatic rings. The van der Waals surface area contributed by atoms with Gasteiger partial charge < -0.3 is 97.3 Å². The van der Waals surface area contributed by atoms with Crippen LogP contribution in [0.1, 0.15) is 25.3 Å². The van der Waals surface area contributed by atoms with Crippen LogP contribution in [0.4, 0.5) is 0 Å². The number of nitrogens with one attached hydrogen (secondary N) is 2. The first-order chi connectivity index (χ1) is 26.4. The number of aliphatic hydroxyl groups excluding tert-OH is 6. The number of phenolic OH excluding ortho intramolecular Hbond substituents is 4. The lowest BCUT2D eigenvalue weighted by atomic mass is 9.98. The normalized spacial score (nSPS) is 28.0. The van der Waals surface area contributed by atoms with E-state index in [0.29, 0.717) is 6.42 Å². The Bertz CT molecular complexity index is 1980. The molecule has 0 bridgehead atoms. The summed E-state index contributed by atoms with van der Waals surface area (Å²) in [6, 6.07) is 2.77. The van der Waals surface area contributed by atoms with Crippen LogP contribution >= 0.6 is 0 Å². The molecule has 9 unspecified atom stereocenters. The topological polar surface area (TPSA) is 385 Å². The molecule has 22 nitrogen and oxygen atoms in total. The lowest BCUT2D eigenvalue weighted by Gasteiger charge is -2.42. The van der Waals surface area contributed by atoms with E-state index < -0.39 is 137 Å². The number of carboxylic acid groups (broad SMARTS) is 1. The van der Waals surface area contributed by atoms with E-state index in [1.165, 1.54) is 13.0 Å². The number of aromatic hydroxyl groups is 4. The molecule has 1 aromatic heterocycles. The molecule has 2 fully saturated rings. The van der Waals surface area contributed by atoms with E-state index in [-0.39, 0.29) is 42.5 Å². The Morgan fingerprint density at radius 3 is 2.19 bits per heavy atom. The second kappa shape index (κ2) is 18.7. The highest BCUT2D eigenvalue weighted by molar-refractivity contribution is 5.91. The van der Waals surface area contributed by atoms with Crippen LogP contribution in [0, 0.1) is 0 Å². The van der Waals surface area contributed by atoms with Crippen molar-refractivity contribution >= 4 is 22.9 Å². The number of aliphatic hydroxyl groups is 6. The van der Waals surface area contributed by atoms with Crippen molar-refractivity contribution in [3.8, 4) is 40.1 Å². The number of rotatable bonds is 14. The van der Waals surface area contributed by atoms with Crippen molar-refractivity contribution in [3.63, 3.8) is 0 Å². The highest BCUT2D eigenvalue weighted by Gasteiger charge is 2.48. The molecule has 0 aliphatic carbocycles. The van der Waals surface area contributed by atoms with Crippen molar-refractivity contribution in [2.45, 2.75) is 93.8 Å². The van der Waals surface area contributed by atoms with E-state index in [2.05, 4.69) is 10.3 Å². The van der Waals surface area contributed by atoms with Crippen LogP contribution in [0.15, 0.2) is 33.5 Å². The summed E-state index contributed by atoms with van der Waals surface area (Å²) < 4.78 is 28.4. The zero-order chi connectivity index (χ0) is 41.2. The van der Waals surface area contributed by atoms with Gasteiger partial charge in [-0.05, 0) is 38.0 Å². The summed E-state index contributed by atoms with van der Waals surface area (Å²) in [5.74, 6) is -5.36. The molecule has 17 N–H and O–H groups in total. The highest BCUT2D eigenvalue weighted by atomic mass is 35.5. The smallest absolute Gasteiger partial charge is 0.338 e. The second-order valence-corrected chi connectivity index (χ2v) is 13.3. The third-order valence-electron chi connectivity index (χ3n) is 9.38. The predicted molar refractivity (Wildman–Crippen MR) is 187 cm³/mol. The molecule has 11 atom stereocenters. The molecule has 0 spiro atoms. The number of hydrogen-bond acceptors (Lipinski definition) is 18. The second-order valence-electron chi connectivity index (χ2n) is 13.3. The standard InChI is InChI=1S/C34H44N4O18.ClH/c1-11-21(43)24(46)26(48)32(53-11)52-10-19-22(44)25(47)27(49)33(54-19)56-30-23(45)20-18(42)8-16(40)13(9-38-14(31(50)51)3-2-6-37-34(35)36)29(20)55-28(30)12-4-5-15(39)17(41)7-12;/h4-5,7-8,11,14,19,21-22,24-27,32-33,38-44,46-49H,2-3,6,9-10H2,1H3,(H,50,51)(H4,35,36,37);1H/t11?,14-,19?,21?,22?,24?,25?,26?,27?,32+,33?;/m1./s1. The lowest BCUT2D eigenvalue weighted by molar-refractivity contribution is -0.459. The van der Waals surface area contributed by atoms with Gasteiger partial charge in [0, 0.05) is 18.2 Å². The molecule has 2 saturated heterocycles. The van der Waals surface area contributed by atoms with Crippen LogP contribution in [0.5, 0.6) is 28.7 Å². The monoisotopic (exact) mass is 832 g/mol. The molecule has 5 rings (SSSR count). The number of fused-ring (bicyclic) bond motifs is 1. The van der Waals surface area contributed by atoms with E-state index >= 15 is 0 Å². The third-order valence-corrected chi connectivity index (χ3v) is 9.38. The van der Waals surface area contributed by atoms with E-state index in [4.69, 9.17) is 34.8 Å². The molecule has 2 aromatic carbocycles. The zero-order valence-corrected chi connectivity index (χ0v) is 30.8. The highest BCUT2D eigenvalue weighted by Crippen LogP contribution is 2.41. The number of aliphatic carboxylic acids is 1. The fraction of sp³-hybridized carbons (Fsp3) is 0.500. The van der Waals surface area contributed by atoms with E-state index in [9.17, 15) is 65.8 Å². The molecule has 2 aliphatic heterocycles. The SMILES string of the molecule is CC1O[C@H](OCC2OC(Oc3c(-c4ccc(O)c(O)c4)oc4c(CN[C@H](CCC[NH+]=C(N)N)C(=O)O)c(O)cc(O)c4c3=O)C(O)C(O)C2O)C(O)C(O)C1O.[Cl-]. The predicted octanol–water partition coefficient (Wildman–Crippen LogP) is -8.01. The van der Waals surface area contributed by atoms with Gasteiger partial charge >= 0.3 is 11.9 Å². The summed E-state index contributed by atoms with van der Waals surface area (Å²) in [5, 5.41) is 117. The average molecular weight is 833 g/mol. The molecule has 3 heterocycles. The molecular formula is C34H45ClN4O18. The number of hydrogen-bond donors (Lipinski definition) is 15. The number of guanidine groups is 1. The Labute approximate surface area is 328 Å². The molecule has 0 radical (unpaired) electrons. The summed E-state index contributed by atoms with van der Waals surface area (Å²) in [7, 11) is 0. The number of nitrogens with two attached hydrogens (primary N) is 2. The number of halogens is 1. The number of carbonyl (C=O) groups is 1. The maximum Gasteiger partial charge on any atom is 0.338 e. The van der Waals surface area contributed by atoms with Crippen molar-refractivity contribution in [1.82, 2.24) is 5.32 Å². The average Bonchev–Trinajstić information content (AvgIpc) is 3.14. The van der Waals surface area contributed by atoms with Gasteiger partial charge in [-0.2, -0.15) is 0 Å². The minimum atomic E-state index is -2.07. The van der Waals surface area contributed by atoms with Gasteiger partial charge in [-0.25, -0.2) is 0 Å². The Kier molecular flexibility index (Phi) is 14.8. The lowest BCUT2D eigenvalue weighted by Crippen LogP contribution is -3.00. The zero-order valence-electron chi connectivity index (χ0n) is 30.0. The van der Waals surface area contributed by atoms with Gasteiger partial charge in [0.15, 0.2) is 29.1 Å². The van der Waals surface area contributed by atoms with E-state index in [1.54, 1.807) is 0 Å². The fourth-order valence-electron chi connectivity index (χ4n) is 6.19. The minimum Gasteiger partial charge on any atom is -1.00 e. The fourth-order valence-corrected chi connectivity index (χ4v) is 6.19. The van der Waals surface area contributed by atoms with Crippen LogP contribution in [0.3, 0.4) is 0 Å². The quantitative estimate of drug-likeness (QED) is 0.0310. The molecule has 0 saturated carbocycles. The van der Waals surface area contributed by atoms with Crippen LogP contribution in [0.2, 0.25) is 0 Å². The third kappa shape index (κ3) is 9.70. The molecule has 57 heavy (non-hydrogen) atoms. The first kappa shape index (κ1) is 45.0. The summed E-state index contributed by atoms with van der Waals surface area (Å²) in [6.45, 7) is 0.540. The van der Waals surface area contributed by atoms with Crippen LogP contribution in [0.25, 0.3) is 22.3 Å². The minimum absolute atomic E-state index is 0. The first-order valence-electron chi connectivity index (χ1n) is 17.2. The molecular weight excluding hydrogens is 788 g/mol. The van der Waals surface area contributed by atoms with Crippen molar-refractivity contribution in [3.05, 3.63) is 40.1 Å². The van der Waals surface area contributed by atoms with Gasteiger partial charge in [0.05, 0.1) is 24.8 Å². The molecule has 0 amide bonds. The Balaban J connectivity index is 0.00000720. The first-order valence-corrected chi connectivity index (χ1v) is 17.2. The largest absolute Gasteiger partial charge is 1.00 e. The number of benzene rings is 2. The maximum atomic E-state index is 14.3. The maximum absolute atomic E-state index is 14.3. The Hall–Kier alpha value is -4.72. The van der Waals surface area contributed by atoms with Gasteiger partial charge in [-0.1, -0.05) is 0 Å². The molecule has 316 valence electrons. The van der Waals surface area contributed by atoms with Gasteiger partial charge in [0.1, 0.15) is 65.7 Å². The van der Waals surface area contributed by atoms with Crippen LogP contribution in [-0.4, -0.2) is 149 Å². The van der Waals surface area contributed by atoms with Gasteiger partial charge in [0.25, 0.3) is 0 Å². The molecule has 2 aliphatic rings. The van der Waals surface area contributed by atoms with Gasteiger partial charge in [-0.15, -0.1) is 0 Å². The summed E-state index contributed by atoms with van der Waals surface area (Å²) in [4.78, 5) is 28.9.